The molecule has 35 heavy (non-hydrogen) atoms. The first-order valence-electron chi connectivity index (χ1n) is 11.2. The lowest BCUT2D eigenvalue weighted by molar-refractivity contribution is -0.386. The van der Waals surface area contributed by atoms with E-state index >= 15 is 4.39 Å². The number of hydrogen-bond donors (Lipinski definition) is 1. The predicted octanol–water partition coefficient (Wildman–Crippen LogP) is 4.41. The topological polar surface area (TPSA) is 123 Å². The molecule has 1 fully saturated rings. The Bertz CT molecular complexity index is 1060. The van der Waals surface area contributed by atoms with E-state index in [0.717, 1.165) is 0 Å². The van der Waals surface area contributed by atoms with Crippen molar-refractivity contribution in [2.45, 2.75) is 59.3 Å². The molecule has 2 aliphatic heterocycles. The summed E-state index contributed by atoms with van der Waals surface area (Å²) in [5.41, 5.74) is -2.02. The number of anilines is 1. The lowest BCUT2D eigenvalue weighted by Gasteiger charge is -2.39. The molecule has 0 unspecified atom stereocenters. The van der Waals surface area contributed by atoms with Crippen LogP contribution >= 0.6 is 0 Å². The molecule has 0 radical (unpaired) electrons. The van der Waals surface area contributed by atoms with Gasteiger partial charge in [-0.25, -0.2) is 9.59 Å². The molecule has 2 amide bonds. The lowest BCUT2D eigenvalue weighted by Crippen LogP contribution is -2.48. The van der Waals surface area contributed by atoms with E-state index in [4.69, 9.17) is 14.2 Å². The van der Waals surface area contributed by atoms with Crippen molar-refractivity contribution in [3.05, 3.63) is 39.3 Å². The SMILES string of the molecule is CC(C)(C)OC(=O)Nc1cc2c(c(F)c1[N+](=O)[O-])CN1CCN(C(=O)OC(C)(C)C)C/C1=C/CO2. The molecule has 0 saturated carbocycles. The maximum Gasteiger partial charge on any atom is 0.412 e. The third-order valence-corrected chi connectivity index (χ3v) is 5.08. The summed E-state index contributed by atoms with van der Waals surface area (Å²) in [7, 11) is 0. The molecule has 12 heteroatoms. The molecule has 3 rings (SSSR count). The van der Waals surface area contributed by atoms with Crippen LogP contribution in [-0.2, 0) is 16.0 Å². The number of nitro benzene ring substituents is 1. The van der Waals surface area contributed by atoms with Crippen LogP contribution in [0.1, 0.15) is 47.1 Å². The van der Waals surface area contributed by atoms with Crippen molar-refractivity contribution in [1.29, 1.82) is 0 Å². The molecule has 2 aliphatic rings. The monoisotopic (exact) mass is 494 g/mol. The Morgan fingerprint density at radius 3 is 2.37 bits per heavy atom. The number of fused-ring (bicyclic) bond motifs is 2. The molecule has 1 saturated heterocycles. The predicted molar refractivity (Wildman–Crippen MR) is 125 cm³/mol. The number of ether oxygens (including phenoxy) is 3. The summed E-state index contributed by atoms with van der Waals surface area (Å²) in [6.45, 7) is 11.2. The molecule has 0 atom stereocenters. The Hall–Kier alpha value is -3.57. The number of carbonyl (C=O) groups excluding carboxylic acids is 2. The van der Waals surface area contributed by atoms with E-state index in [1.54, 1.807) is 52.5 Å². The van der Waals surface area contributed by atoms with E-state index in [0.29, 0.717) is 18.8 Å². The van der Waals surface area contributed by atoms with E-state index in [-0.39, 0.29) is 36.7 Å². The van der Waals surface area contributed by atoms with Crippen molar-refractivity contribution in [1.82, 2.24) is 9.80 Å². The molecular formula is C23H31FN4O7. The average Bonchev–Trinajstić information content (AvgIpc) is 2.66. The van der Waals surface area contributed by atoms with Crippen molar-refractivity contribution >= 4 is 23.6 Å². The number of benzene rings is 1. The van der Waals surface area contributed by atoms with Gasteiger partial charge in [0.2, 0.25) is 5.82 Å². The van der Waals surface area contributed by atoms with E-state index < -0.39 is 39.8 Å². The number of rotatable bonds is 2. The lowest BCUT2D eigenvalue weighted by atomic mass is 10.1. The number of hydrogen-bond acceptors (Lipinski definition) is 8. The number of halogens is 1. The summed E-state index contributed by atoms with van der Waals surface area (Å²) in [5, 5.41) is 14.0. The van der Waals surface area contributed by atoms with E-state index in [1.807, 2.05) is 4.90 Å². The van der Waals surface area contributed by atoms with Crippen LogP contribution in [0.3, 0.4) is 0 Å². The molecule has 192 valence electrons. The summed E-state index contributed by atoms with van der Waals surface area (Å²) in [6, 6.07) is 1.23. The van der Waals surface area contributed by atoms with Crippen LogP contribution in [0.4, 0.5) is 25.4 Å². The van der Waals surface area contributed by atoms with Crippen molar-refractivity contribution in [3.8, 4) is 5.75 Å². The number of nitrogens with one attached hydrogen (secondary N) is 1. The average molecular weight is 495 g/mol. The molecule has 11 nitrogen and oxygen atoms in total. The number of carbonyl (C=O) groups is 2. The summed E-state index contributed by atoms with van der Waals surface area (Å²) < 4.78 is 31.7. The van der Waals surface area contributed by atoms with Crippen LogP contribution < -0.4 is 10.1 Å². The molecule has 0 spiro atoms. The van der Waals surface area contributed by atoms with Gasteiger partial charge in [0.1, 0.15) is 29.2 Å². The summed E-state index contributed by atoms with van der Waals surface area (Å²) >= 11 is 0. The highest BCUT2D eigenvalue weighted by molar-refractivity contribution is 5.89. The minimum absolute atomic E-state index is 0.0112. The van der Waals surface area contributed by atoms with Crippen LogP contribution in [0.15, 0.2) is 17.8 Å². The molecule has 1 aromatic rings. The fourth-order valence-electron chi connectivity index (χ4n) is 3.65. The first-order valence-corrected chi connectivity index (χ1v) is 11.2. The summed E-state index contributed by atoms with van der Waals surface area (Å²) in [4.78, 5) is 38.9. The maximum atomic E-state index is 15.5. The third-order valence-electron chi connectivity index (χ3n) is 5.08. The molecular weight excluding hydrogens is 463 g/mol. The van der Waals surface area contributed by atoms with Gasteiger partial charge >= 0.3 is 17.9 Å². The van der Waals surface area contributed by atoms with Gasteiger partial charge in [-0.05, 0) is 47.6 Å². The van der Waals surface area contributed by atoms with E-state index in [1.165, 1.54) is 6.07 Å². The Balaban J connectivity index is 1.87. The first kappa shape index (κ1) is 26.0. The first-order chi connectivity index (χ1) is 16.1. The molecule has 1 N–H and O–H groups in total. The Kier molecular flexibility index (Phi) is 7.13. The molecule has 2 heterocycles. The van der Waals surface area contributed by atoms with Crippen LogP contribution in [-0.4, -0.2) is 64.4 Å². The van der Waals surface area contributed by atoms with Gasteiger partial charge in [-0.15, -0.1) is 0 Å². The van der Waals surface area contributed by atoms with Crippen LogP contribution in [0.25, 0.3) is 0 Å². The number of nitro groups is 1. The van der Waals surface area contributed by atoms with Gasteiger partial charge in [0, 0.05) is 31.4 Å². The Morgan fingerprint density at radius 1 is 1.11 bits per heavy atom. The van der Waals surface area contributed by atoms with Crippen molar-refractivity contribution in [3.63, 3.8) is 0 Å². The minimum Gasteiger partial charge on any atom is -0.489 e. The largest absolute Gasteiger partial charge is 0.489 e. The molecule has 0 aliphatic carbocycles. The van der Waals surface area contributed by atoms with Crippen molar-refractivity contribution in [2.24, 2.45) is 0 Å². The van der Waals surface area contributed by atoms with Gasteiger partial charge in [0.05, 0.1) is 17.0 Å². The van der Waals surface area contributed by atoms with E-state index in [9.17, 15) is 19.7 Å². The highest BCUT2D eigenvalue weighted by atomic mass is 19.1. The number of amides is 2. The summed E-state index contributed by atoms with van der Waals surface area (Å²) in [6.07, 6.45) is 0.354. The quantitative estimate of drug-likeness (QED) is 0.474. The third kappa shape index (κ3) is 6.52. The molecule has 0 bridgehead atoms. The standard InChI is InChI=1S/C23H31FN4O7/c1-22(2,3)34-20(29)25-16-11-17-15(18(24)19(16)28(31)32)13-26-8-9-27(12-14(26)7-10-33-17)21(30)35-23(4,5)6/h7,11H,8-10,12-13H2,1-6H3,(H,25,29)/b14-7-. The second-order valence-electron chi connectivity index (χ2n) is 10.3. The second-order valence-corrected chi connectivity index (χ2v) is 10.3. The fraction of sp³-hybridized carbons (Fsp3) is 0.565. The summed E-state index contributed by atoms with van der Waals surface area (Å²) in [5.74, 6) is -1.03. The van der Waals surface area contributed by atoms with Crippen molar-refractivity contribution in [2.75, 3.05) is 31.6 Å². The van der Waals surface area contributed by atoms with Gasteiger partial charge in [-0.2, -0.15) is 4.39 Å². The van der Waals surface area contributed by atoms with Gasteiger partial charge in [0.25, 0.3) is 0 Å². The number of nitrogens with zero attached hydrogens (tertiary/aromatic N) is 3. The zero-order chi connectivity index (χ0) is 26.1. The Labute approximate surface area is 202 Å². The van der Waals surface area contributed by atoms with Gasteiger partial charge in [0.15, 0.2) is 0 Å². The highest BCUT2D eigenvalue weighted by Gasteiger charge is 2.34. The zero-order valence-electron chi connectivity index (χ0n) is 20.8. The van der Waals surface area contributed by atoms with Gasteiger partial charge in [-0.1, -0.05) is 0 Å². The minimum atomic E-state index is -1.10. The second kappa shape index (κ2) is 9.59. The molecule has 0 aromatic heterocycles. The maximum absolute atomic E-state index is 15.5. The normalized spacial score (nSPS) is 17.5. The van der Waals surface area contributed by atoms with Crippen LogP contribution in [0.5, 0.6) is 5.75 Å². The van der Waals surface area contributed by atoms with Gasteiger partial charge in [-0.3, -0.25) is 15.4 Å². The van der Waals surface area contributed by atoms with Crippen LogP contribution in [0, 0.1) is 15.9 Å². The highest BCUT2D eigenvalue weighted by Crippen LogP contribution is 2.39. The zero-order valence-corrected chi connectivity index (χ0v) is 20.8. The van der Waals surface area contributed by atoms with Gasteiger partial charge < -0.3 is 24.0 Å². The Morgan fingerprint density at radius 2 is 1.77 bits per heavy atom. The fourth-order valence-corrected chi connectivity index (χ4v) is 3.65. The van der Waals surface area contributed by atoms with E-state index in [2.05, 4.69) is 5.32 Å². The van der Waals surface area contributed by atoms with Crippen molar-refractivity contribution < 1.29 is 33.1 Å². The number of piperazine rings is 1. The van der Waals surface area contributed by atoms with Crippen LogP contribution in [0.2, 0.25) is 0 Å². The molecule has 1 aromatic carbocycles. The smallest absolute Gasteiger partial charge is 0.412 e.